The maximum Gasteiger partial charge on any atom is 0.254 e. The number of methoxy groups -OCH3 is 1. The number of aryl methyl sites for hydroxylation is 1. The lowest BCUT2D eigenvalue weighted by Gasteiger charge is -2.02. The predicted octanol–water partition coefficient (Wildman–Crippen LogP) is 0.964. The van der Waals surface area contributed by atoms with Crippen molar-refractivity contribution in [3.8, 4) is 0 Å². The van der Waals surface area contributed by atoms with Crippen molar-refractivity contribution in [2.75, 3.05) is 20.3 Å². The van der Waals surface area contributed by atoms with Gasteiger partial charge in [0.05, 0.1) is 18.4 Å². The number of nitrogens with one attached hydrogen (secondary N) is 1. The number of rotatable bonds is 4. The van der Waals surface area contributed by atoms with Gasteiger partial charge in [-0.05, 0) is 13.0 Å². The molecular weight excluding hydrogens is 170 g/mol. The molecule has 0 aliphatic rings. The number of carbonyl (C=O) groups excluding carboxylic acids is 1. The van der Waals surface area contributed by atoms with Gasteiger partial charge in [0.2, 0.25) is 0 Å². The summed E-state index contributed by atoms with van der Waals surface area (Å²) in [6.45, 7) is 2.79. The van der Waals surface area contributed by atoms with E-state index in [1.165, 1.54) is 6.26 Å². The third-order valence-corrected chi connectivity index (χ3v) is 1.70. The number of furan rings is 1. The van der Waals surface area contributed by atoms with Gasteiger partial charge in [0.15, 0.2) is 0 Å². The number of amides is 1. The summed E-state index contributed by atoms with van der Waals surface area (Å²) in [6.07, 6.45) is 1.50. The summed E-state index contributed by atoms with van der Waals surface area (Å²) in [5.41, 5.74) is 0.580. The molecule has 1 rings (SSSR count). The maximum atomic E-state index is 11.4. The smallest absolute Gasteiger partial charge is 0.254 e. The van der Waals surface area contributed by atoms with E-state index in [1.54, 1.807) is 20.1 Å². The molecule has 1 N–H and O–H groups in total. The molecular formula is C9H13NO3. The lowest BCUT2D eigenvalue weighted by molar-refractivity contribution is 0.0935. The molecule has 0 bridgehead atoms. The normalized spacial score (nSPS) is 10.0. The zero-order valence-corrected chi connectivity index (χ0v) is 7.79. The van der Waals surface area contributed by atoms with Gasteiger partial charge < -0.3 is 14.5 Å². The first-order valence-electron chi connectivity index (χ1n) is 4.07. The summed E-state index contributed by atoms with van der Waals surface area (Å²) in [5, 5.41) is 2.70. The van der Waals surface area contributed by atoms with Gasteiger partial charge >= 0.3 is 0 Å². The molecule has 0 aliphatic carbocycles. The van der Waals surface area contributed by atoms with Crippen LogP contribution in [0.5, 0.6) is 0 Å². The van der Waals surface area contributed by atoms with E-state index in [9.17, 15) is 4.79 Å². The Labute approximate surface area is 76.9 Å². The molecule has 1 aromatic rings. The van der Waals surface area contributed by atoms with Crippen LogP contribution in [-0.2, 0) is 4.74 Å². The van der Waals surface area contributed by atoms with Crippen molar-refractivity contribution in [2.45, 2.75) is 6.92 Å². The summed E-state index contributed by atoms with van der Waals surface area (Å²) in [5.74, 6) is 0.512. The Kier molecular flexibility index (Phi) is 3.52. The second kappa shape index (κ2) is 4.67. The Morgan fingerprint density at radius 1 is 1.69 bits per heavy atom. The number of carbonyl (C=O) groups is 1. The highest BCUT2D eigenvalue weighted by Crippen LogP contribution is 2.07. The topological polar surface area (TPSA) is 51.5 Å². The molecule has 0 aliphatic heterocycles. The van der Waals surface area contributed by atoms with Gasteiger partial charge in [-0.2, -0.15) is 0 Å². The monoisotopic (exact) mass is 183 g/mol. The van der Waals surface area contributed by atoms with Gasteiger partial charge in [0.1, 0.15) is 5.76 Å². The molecule has 1 aromatic heterocycles. The molecule has 72 valence electrons. The van der Waals surface area contributed by atoms with Crippen LogP contribution in [0.25, 0.3) is 0 Å². The van der Waals surface area contributed by atoms with E-state index in [2.05, 4.69) is 5.32 Å². The van der Waals surface area contributed by atoms with Gasteiger partial charge in [-0.3, -0.25) is 4.79 Å². The van der Waals surface area contributed by atoms with Crippen LogP contribution in [0.3, 0.4) is 0 Å². The van der Waals surface area contributed by atoms with Crippen LogP contribution >= 0.6 is 0 Å². The van der Waals surface area contributed by atoms with Crippen LogP contribution in [0, 0.1) is 6.92 Å². The minimum atomic E-state index is -0.122. The number of ether oxygens (including phenoxy) is 1. The Morgan fingerprint density at radius 2 is 2.46 bits per heavy atom. The first-order valence-corrected chi connectivity index (χ1v) is 4.07. The lowest BCUT2D eigenvalue weighted by atomic mass is 10.2. The van der Waals surface area contributed by atoms with E-state index < -0.39 is 0 Å². The van der Waals surface area contributed by atoms with E-state index in [0.29, 0.717) is 24.5 Å². The summed E-state index contributed by atoms with van der Waals surface area (Å²) < 4.78 is 9.80. The van der Waals surface area contributed by atoms with Crippen LogP contribution in [-0.4, -0.2) is 26.2 Å². The van der Waals surface area contributed by atoms with Crippen LogP contribution in [0.4, 0.5) is 0 Å². The number of hydrogen-bond acceptors (Lipinski definition) is 3. The molecule has 1 amide bonds. The van der Waals surface area contributed by atoms with E-state index in [0.717, 1.165) is 0 Å². The average Bonchev–Trinajstić information content (AvgIpc) is 2.52. The van der Waals surface area contributed by atoms with Crippen molar-refractivity contribution in [2.24, 2.45) is 0 Å². The third-order valence-electron chi connectivity index (χ3n) is 1.70. The Hall–Kier alpha value is -1.29. The summed E-state index contributed by atoms with van der Waals surface area (Å²) >= 11 is 0. The second-order valence-electron chi connectivity index (χ2n) is 2.64. The van der Waals surface area contributed by atoms with Gasteiger partial charge in [-0.25, -0.2) is 0 Å². The molecule has 0 atom stereocenters. The zero-order chi connectivity index (χ0) is 9.68. The molecule has 0 saturated carbocycles. The lowest BCUT2D eigenvalue weighted by Crippen LogP contribution is -2.27. The standard InChI is InChI=1S/C9H13NO3/c1-7-8(3-5-13-7)9(11)10-4-6-12-2/h3,5H,4,6H2,1-2H3,(H,10,11). The van der Waals surface area contributed by atoms with Gasteiger partial charge in [-0.1, -0.05) is 0 Å². The SMILES string of the molecule is COCCNC(=O)c1ccoc1C. The summed E-state index contributed by atoms with van der Waals surface area (Å²) in [4.78, 5) is 11.4. The highest BCUT2D eigenvalue weighted by molar-refractivity contribution is 5.94. The Bertz CT molecular complexity index is 280. The van der Waals surface area contributed by atoms with Gasteiger partial charge in [0, 0.05) is 13.7 Å². The highest BCUT2D eigenvalue weighted by atomic mass is 16.5. The minimum absolute atomic E-state index is 0.122. The van der Waals surface area contributed by atoms with Crippen LogP contribution in [0.2, 0.25) is 0 Å². The molecule has 13 heavy (non-hydrogen) atoms. The summed E-state index contributed by atoms with van der Waals surface area (Å²) in [6, 6.07) is 1.65. The van der Waals surface area contributed by atoms with Crippen molar-refractivity contribution < 1.29 is 13.9 Å². The molecule has 0 aromatic carbocycles. The van der Waals surface area contributed by atoms with E-state index in [1.807, 2.05) is 0 Å². The van der Waals surface area contributed by atoms with Gasteiger partial charge in [-0.15, -0.1) is 0 Å². The van der Waals surface area contributed by atoms with Crippen molar-refractivity contribution in [1.82, 2.24) is 5.32 Å². The minimum Gasteiger partial charge on any atom is -0.469 e. The van der Waals surface area contributed by atoms with Crippen molar-refractivity contribution in [1.29, 1.82) is 0 Å². The highest BCUT2D eigenvalue weighted by Gasteiger charge is 2.09. The predicted molar refractivity (Wildman–Crippen MR) is 47.7 cm³/mol. The summed E-state index contributed by atoms with van der Waals surface area (Å²) in [7, 11) is 1.59. The molecule has 4 nitrogen and oxygen atoms in total. The van der Waals surface area contributed by atoms with E-state index in [-0.39, 0.29) is 5.91 Å². The van der Waals surface area contributed by atoms with Gasteiger partial charge in [0.25, 0.3) is 5.91 Å². The fraction of sp³-hybridized carbons (Fsp3) is 0.444. The molecule has 1 heterocycles. The average molecular weight is 183 g/mol. The first-order chi connectivity index (χ1) is 6.25. The maximum absolute atomic E-state index is 11.4. The Morgan fingerprint density at radius 3 is 3.00 bits per heavy atom. The fourth-order valence-electron chi connectivity index (χ4n) is 0.982. The molecule has 0 saturated heterocycles. The Balaban J connectivity index is 2.45. The van der Waals surface area contributed by atoms with Crippen molar-refractivity contribution >= 4 is 5.91 Å². The van der Waals surface area contributed by atoms with Crippen molar-refractivity contribution in [3.63, 3.8) is 0 Å². The largest absolute Gasteiger partial charge is 0.469 e. The zero-order valence-electron chi connectivity index (χ0n) is 7.79. The second-order valence-corrected chi connectivity index (χ2v) is 2.64. The quantitative estimate of drug-likeness (QED) is 0.707. The molecule has 0 spiro atoms. The molecule has 0 radical (unpaired) electrons. The van der Waals surface area contributed by atoms with Crippen LogP contribution in [0.15, 0.2) is 16.7 Å². The first kappa shape index (κ1) is 9.80. The van der Waals surface area contributed by atoms with Crippen molar-refractivity contribution in [3.05, 3.63) is 23.7 Å². The van der Waals surface area contributed by atoms with E-state index >= 15 is 0 Å². The fourth-order valence-corrected chi connectivity index (χ4v) is 0.982. The molecule has 4 heteroatoms. The molecule has 0 unspecified atom stereocenters. The third kappa shape index (κ3) is 2.59. The van der Waals surface area contributed by atoms with Crippen LogP contribution in [0.1, 0.15) is 16.1 Å². The molecule has 0 fully saturated rings. The van der Waals surface area contributed by atoms with Crippen LogP contribution < -0.4 is 5.32 Å². The number of hydrogen-bond donors (Lipinski definition) is 1. The van der Waals surface area contributed by atoms with E-state index in [4.69, 9.17) is 9.15 Å².